The zero-order chi connectivity index (χ0) is 11.3. The topological polar surface area (TPSA) is 25.4 Å². The van der Waals surface area contributed by atoms with Crippen LogP contribution in [-0.4, -0.2) is 36.2 Å². The highest BCUT2D eigenvalue weighted by molar-refractivity contribution is 7.15. The van der Waals surface area contributed by atoms with E-state index in [1.54, 1.807) is 0 Å². The van der Waals surface area contributed by atoms with Crippen molar-refractivity contribution in [3.8, 4) is 0 Å². The Morgan fingerprint density at radius 1 is 1.60 bits per heavy atom. The van der Waals surface area contributed by atoms with Crippen molar-refractivity contribution in [3.05, 3.63) is 15.5 Å². The molecule has 0 amide bonds. The molecule has 0 bridgehead atoms. The molecule has 0 aliphatic carbocycles. The van der Waals surface area contributed by atoms with Gasteiger partial charge >= 0.3 is 0 Å². The van der Waals surface area contributed by atoms with E-state index in [1.165, 1.54) is 16.2 Å². The summed E-state index contributed by atoms with van der Waals surface area (Å²) in [4.78, 5) is 7.39. The van der Waals surface area contributed by atoms with Crippen LogP contribution in [0.3, 0.4) is 0 Å². The minimum absolute atomic E-state index is 0.302. The largest absolute Gasteiger partial charge is 0.377 e. The van der Waals surface area contributed by atoms with Crippen LogP contribution in [0, 0.1) is 0 Å². The Morgan fingerprint density at radius 3 is 2.87 bits per heavy atom. The average Bonchev–Trinajstić information content (AvgIpc) is 2.50. The van der Waals surface area contributed by atoms with Crippen molar-refractivity contribution in [2.75, 3.05) is 20.2 Å². The van der Waals surface area contributed by atoms with Gasteiger partial charge in [-0.05, 0) is 20.9 Å². The first-order valence-corrected chi connectivity index (χ1v) is 6.17. The Hall–Kier alpha value is -0.160. The fraction of sp³-hybridized carbons (Fsp3) is 0.700. The highest BCUT2D eigenvalue weighted by Crippen LogP contribution is 2.18. The van der Waals surface area contributed by atoms with Crippen LogP contribution in [0.5, 0.6) is 0 Å². The molecule has 0 saturated heterocycles. The van der Waals surface area contributed by atoms with E-state index < -0.39 is 0 Å². The second-order valence-electron chi connectivity index (χ2n) is 3.74. The highest BCUT2D eigenvalue weighted by Gasteiger charge is 2.04. The lowest BCUT2D eigenvalue weighted by atomic mass is 10.4. The van der Waals surface area contributed by atoms with E-state index in [1.807, 2.05) is 20.0 Å². The van der Waals surface area contributed by atoms with Gasteiger partial charge in [-0.3, -0.25) is 4.90 Å². The number of hydrogen-bond donors (Lipinski definition) is 0. The number of aromatic nitrogens is 1. The number of ether oxygens (including phenoxy) is 1. The molecular weight excluding hydrogens is 232 g/mol. The summed E-state index contributed by atoms with van der Waals surface area (Å²) in [7, 11) is 2.07. The van der Waals surface area contributed by atoms with E-state index in [0.29, 0.717) is 10.6 Å². The standard InChI is InChI=1S/C10H17ClN2OS/c1-8(2)14-5-4-13(3)7-9-6-12-10(11)15-9/h6,8H,4-5,7H2,1-3H3. The molecule has 3 nitrogen and oxygen atoms in total. The number of halogens is 1. The summed E-state index contributed by atoms with van der Waals surface area (Å²) < 4.78 is 6.08. The monoisotopic (exact) mass is 248 g/mol. The van der Waals surface area contributed by atoms with Crippen LogP contribution in [0.15, 0.2) is 6.20 Å². The maximum atomic E-state index is 5.75. The van der Waals surface area contributed by atoms with E-state index in [9.17, 15) is 0 Å². The predicted molar refractivity (Wildman–Crippen MR) is 64.5 cm³/mol. The first-order valence-electron chi connectivity index (χ1n) is 4.98. The van der Waals surface area contributed by atoms with Gasteiger partial charge < -0.3 is 4.74 Å². The summed E-state index contributed by atoms with van der Waals surface area (Å²) in [5.74, 6) is 0. The van der Waals surface area contributed by atoms with Crippen LogP contribution in [0.1, 0.15) is 18.7 Å². The molecule has 1 aromatic heterocycles. The van der Waals surface area contributed by atoms with E-state index in [2.05, 4.69) is 16.9 Å². The van der Waals surface area contributed by atoms with Gasteiger partial charge in [0.2, 0.25) is 0 Å². The average molecular weight is 249 g/mol. The van der Waals surface area contributed by atoms with Crippen molar-refractivity contribution in [1.29, 1.82) is 0 Å². The zero-order valence-electron chi connectivity index (χ0n) is 9.36. The van der Waals surface area contributed by atoms with Gasteiger partial charge in [0.25, 0.3) is 0 Å². The van der Waals surface area contributed by atoms with Gasteiger partial charge in [-0.1, -0.05) is 11.6 Å². The molecule has 15 heavy (non-hydrogen) atoms. The molecule has 0 unspecified atom stereocenters. The fourth-order valence-corrected chi connectivity index (χ4v) is 2.20. The molecule has 0 fully saturated rings. The second-order valence-corrected chi connectivity index (χ2v) is 5.43. The molecule has 0 aliphatic heterocycles. The lowest BCUT2D eigenvalue weighted by Gasteiger charge is -2.16. The minimum atomic E-state index is 0.302. The molecule has 1 rings (SSSR count). The smallest absolute Gasteiger partial charge is 0.183 e. The van der Waals surface area contributed by atoms with Crippen LogP contribution in [0.4, 0.5) is 0 Å². The molecule has 1 aromatic rings. The summed E-state index contributed by atoms with van der Waals surface area (Å²) in [6.07, 6.45) is 2.13. The zero-order valence-corrected chi connectivity index (χ0v) is 10.9. The Bertz CT molecular complexity index is 291. The van der Waals surface area contributed by atoms with Crippen molar-refractivity contribution in [1.82, 2.24) is 9.88 Å². The third-order valence-electron chi connectivity index (χ3n) is 1.88. The highest BCUT2D eigenvalue weighted by atomic mass is 35.5. The predicted octanol–water partition coefficient (Wildman–Crippen LogP) is 2.65. The van der Waals surface area contributed by atoms with E-state index >= 15 is 0 Å². The van der Waals surface area contributed by atoms with Crippen molar-refractivity contribution < 1.29 is 4.74 Å². The fourth-order valence-electron chi connectivity index (χ4n) is 1.15. The maximum Gasteiger partial charge on any atom is 0.183 e. The molecule has 1 heterocycles. The maximum absolute atomic E-state index is 5.75. The molecule has 0 saturated carbocycles. The molecule has 0 aromatic carbocycles. The molecule has 0 spiro atoms. The summed E-state index contributed by atoms with van der Waals surface area (Å²) in [5, 5.41) is 0. The molecule has 5 heteroatoms. The molecule has 86 valence electrons. The van der Waals surface area contributed by atoms with Gasteiger partial charge in [0.05, 0.1) is 12.7 Å². The third kappa shape index (κ3) is 5.47. The van der Waals surface area contributed by atoms with Crippen molar-refractivity contribution in [2.45, 2.75) is 26.5 Å². The van der Waals surface area contributed by atoms with E-state index in [4.69, 9.17) is 16.3 Å². The van der Waals surface area contributed by atoms with Gasteiger partial charge in [-0.2, -0.15) is 0 Å². The van der Waals surface area contributed by atoms with Gasteiger partial charge in [0, 0.05) is 24.2 Å². The quantitative estimate of drug-likeness (QED) is 0.774. The Morgan fingerprint density at radius 2 is 2.33 bits per heavy atom. The van der Waals surface area contributed by atoms with Crippen LogP contribution < -0.4 is 0 Å². The number of likely N-dealkylation sites (N-methyl/N-ethyl adjacent to an activating group) is 1. The summed E-state index contributed by atoms with van der Waals surface area (Å²) >= 11 is 7.28. The molecule has 0 aliphatic rings. The van der Waals surface area contributed by atoms with E-state index in [0.717, 1.165) is 19.7 Å². The Balaban J connectivity index is 2.21. The summed E-state index contributed by atoms with van der Waals surface area (Å²) in [5.41, 5.74) is 0. The second kappa shape index (κ2) is 6.43. The number of rotatable bonds is 6. The lowest BCUT2D eigenvalue weighted by molar-refractivity contribution is 0.0628. The SMILES string of the molecule is CC(C)OCCN(C)Cc1cnc(Cl)s1. The minimum Gasteiger partial charge on any atom is -0.377 e. The van der Waals surface area contributed by atoms with Crippen LogP contribution in [0.25, 0.3) is 0 Å². The van der Waals surface area contributed by atoms with Gasteiger partial charge in [-0.25, -0.2) is 4.98 Å². The molecule has 0 atom stereocenters. The molecule has 0 N–H and O–H groups in total. The van der Waals surface area contributed by atoms with Gasteiger partial charge in [0.1, 0.15) is 0 Å². The van der Waals surface area contributed by atoms with Crippen molar-refractivity contribution >= 4 is 22.9 Å². The van der Waals surface area contributed by atoms with Gasteiger partial charge in [0.15, 0.2) is 4.47 Å². The summed E-state index contributed by atoms with van der Waals surface area (Å²) in [6.45, 7) is 6.66. The van der Waals surface area contributed by atoms with Crippen LogP contribution in [-0.2, 0) is 11.3 Å². The molecule has 0 radical (unpaired) electrons. The van der Waals surface area contributed by atoms with Crippen LogP contribution in [0.2, 0.25) is 4.47 Å². The first kappa shape index (κ1) is 12.9. The first-order chi connectivity index (χ1) is 7.08. The third-order valence-corrected chi connectivity index (χ3v) is 2.97. The van der Waals surface area contributed by atoms with Crippen molar-refractivity contribution in [2.24, 2.45) is 0 Å². The Kier molecular flexibility index (Phi) is 5.53. The molecular formula is C10H17ClN2OS. The normalized spacial score (nSPS) is 11.6. The number of nitrogens with zero attached hydrogens (tertiary/aromatic N) is 2. The number of hydrogen-bond acceptors (Lipinski definition) is 4. The van der Waals surface area contributed by atoms with Crippen molar-refractivity contribution in [3.63, 3.8) is 0 Å². The van der Waals surface area contributed by atoms with Gasteiger partial charge in [-0.15, -0.1) is 11.3 Å². The van der Waals surface area contributed by atoms with Crippen LogP contribution >= 0.6 is 22.9 Å². The number of thiazole rings is 1. The Labute approximate surface area is 100 Å². The lowest BCUT2D eigenvalue weighted by Crippen LogP contribution is -2.23. The summed E-state index contributed by atoms with van der Waals surface area (Å²) in [6, 6.07) is 0. The van der Waals surface area contributed by atoms with E-state index in [-0.39, 0.29) is 0 Å².